The molecule has 0 bridgehead atoms. The lowest BCUT2D eigenvalue weighted by Crippen LogP contribution is -2.33. The van der Waals surface area contributed by atoms with Crippen molar-refractivity contribution in [1.82, 2.24) is 14.5 Å². The van der Waals surface area contributed by atoms with Crippen molar-refractivity contribution >= 4 is 10.0 Å². The van der Waals surface area contributed by atoms with E-state index in [1.54, 1.807) is 22.6 Å². The zero-order valence-corrected chi connectivity index (χ0v) is 10.7. The average molecular weight is 269 g/mol. The number of aromatic nitrogens is 2. The van der Waals surface area contributed by atoms with E-state index in [1.165, 1.54) is 0 Å². The minimum atomic E-state index is -3.07. The van der Waals surface area contributed by atoms with Crippen molar-refractivity contribution in [1.29, 1.82) is 0 Å². The van der Waals surface area contributed by atoms with Crippen LogP contribution >= 0.6 is 0 Å². The summed E-state index contributed by atoms with van der Waals surface area (Å²) < 4.78 is 31.2. The van der Waals surface area contributed by atoms with Gasteiger partial charge in [0.15, 0.2) is 0 Å². The summed E-state index contributed by atoms with van der Waals surface area (Å²) >= 11 is 0. The van der Waals surface area contributed by atoms with E-state index < -0.39 is 10.0 Å². The molecule has 0 radical (unpaired) electrons. The van der Waals surface area contributed by atoms with Crippen LogP contribution in [0.2, 0.25) is 0 Å². The maximum absolute atomic E-state index is 12.0. The molecule has 2 fully saturated rings. The Bertz CT molecular complexity index is 516. The van der Waals surface area contributed by atoms with Gasteiger partial charge in [-0.1, -0.05) is 0 Å². The zero-order valence-electron chi connectivity index (χ0n) is 9.90. The Hall–Kier alpha value is -1.21. The predicted molar refractivity (Wildman–Crippen MR) is 64.6 cm³/mol. The van der Waals surface area contributed by atoms with Crippen molar-refractivity contribution in [2.75, 3.05) is 13.1 Å². The van der Waals surface area contributed by atoms with Crippen LogP contribution in [0.3, 0.4) is 0 Å². The van der Waals surface area contributed by atoms with E-state index in [2.05, 4.69) is 10.2 Å². The molecule has 0 spiro atoms. The molecule has 0 aromatic carbocycles. The summed E-state index contributed by atoms with van der Waals surface area (Å²) in [5, 5.41) is 7.42. The van der Waals surface area contributed by atoms with Crippen molar-refractivity contribution in [3.05, 3.63) is 18.3 Å². The summed E-state index contributed by atoms with van der Waals surface area (Å²) in [5.74, 6) is 0.452. The van der Waals surface area contributed by atoms with Gasteiger partial charge in [0.2, 0.25) is 15.9 Å². The van der Waals surface area contributed by atoms with Gasteiger partial charge < -0.3 is 4.74 Å². The van der Waals surface area contributed by atoms with E-state index in [-0.39, 0.29) is 11.4 Å². The topological polar surface area (TPSA) is 72.4 Å². The van der Waals surface area contributed by atoms with Crippen LogP contribution in [0, 0.1) is 0 Å². The fourth-order valence-corrected chi connectivity index (χ4v) is 4.01. The molecule has 2 heterocycles. The van der Waals surface area contributed by atoms with Crippen LogP contribution in [0.1, 0.15) is 19.3 Å². The Morgan fingerprint density at radius 3 is 2.83 bits per heavy atom. The zero-order chi connectivity index (χ0) is 12.6. The molecular formula is C11H15N3O3S. The molecule has 1 aliphatic carbocycles. The highest BCUT2D eigenvalue weighted by atomic mass is 32.2. The van der Waals surface area contributed by atoms with Gasteiger partial charge >= 0.3 is 0 Å². The Kier molecular flexibility index (Phi) is 2.95. The van der Waals surface area contributed by atoms with Gasteiger partial charge in [0.05, 0.1) is 11.8 Å². The van der Waals surface area contributed by atoms with Crippen LogP contribution in [-0.2, 0) is 10.0 Å². The predicted octanol–water partition coefficient (Wildman–Crippen LogP) is 0.422. The van der Waals surface area contributed by atoms with E-state index in [0.29, 0.717) is 25.4 Å². The molecule has 3 rings (SSSR count). The van der Waals surface area contributed by atoms with E-state index in [1.807, 2.05) is 0 Å². The second-order valence-corrected chi connectivity index (χ2v) is 6.91. The molecule has 1 saturated carbocycles. The molecule has 1 aromatic rings. The lowest BCUT2D eigenvalue weighted by molar-refractivity contribution is 0.204. The first-order valence-corrected chi connectivity index (χ1v) is 7.60. The van der Waals surface area contributed by atoms with Gasteiger partial charge in [-0.2, -0.15) is 9.40 Å². The highest BCUT2D eigenvalue weighted by Gasteiger charge is 2.43. The molecule has 1 unspecified atom stereocenters. The Labute approximate surface area is 106 Å². The fraction of sp³-hybridized carbons (Fsp3) is 0.636. The lowest BCUT2D eigenvalue weighted by atomic mass is 10.3. The van der Waals surface area contributed by atoms with Gasteiger partial charge in [0.25, 0.3) is 0 Å². The maximum atomic E-state index is 12.0. The van der Waals surface area contributed by atoms with Gasteiger partial charge in [0, 0.05) is 18.8 Å². The molecular weight excluding hydrogens is 254 g/mol. The SMILES string of the molecule is O=S(=O)(C1CC1)N1CCC(Oc2cccnn2)C1. The van der Waals surface area contributed by atoms with Crippen molar-refractivity contribution < 1.29 is 13.2 Å². The standard InChI is InChI=1S/C11H15N3O3S/c15-18(16,10-3-4-10)14-7-5-9(8-14)17-11-2-1-6-12-13-11/h1-2,6,9-10H,3-5,7-8H2. The molecule has 0 amide bonds. The van der Waals surface area contributed by atoms with E-state index in [0.717, 1.165) is 12.8 Å². The fourth-order valence-electron chi connectivity index (χ4n) is 2.12. The molecule has 6 nitrogen and oxygen atoms in total. The van der Waals surface area contributed by atoms with Gasteiger partial charge in [-0.05, 0) is 25.3 Å². The maximum Gasteiger partial charge on any atom is 0.233 e. The third kappa shape index (κ3) is 2.32. The van der Waals surface area contributed by atoms with Crippen LogP contribution in [0.15, 0.2) is 18.3 Å². The molecule has 2 aliphatic rings. The Morgan fingerprint density at radius 2 is 2.17 bits per heavy atom. The van der Waals surface area contributed by atoms with Gasteiger partial charge in [0.1, 0.15) is 6.10 Å². The number of rotatable bonds is 4. The lowest BCUT2D eigenvalue weighted by Gasteiger charge is -2.16. The van der Waals surface area contributed by atoms with Crippen LogP contribution in [0.4, 0.5) is 0 Å². The van der Waals surface area contributed by atoms with E-state index >= 15 is 0 Å². The highest BCUT2D eigenvalue weighted by Crippen LogP contribution is 2.33. The van der Waals surface area contributed by atoms with Crippen molar-refractivity contribution in [3.8, 4) is 5.88 Å². The van der Waals surface area contributed by atoms with Crippen LogP contribution in [0.5, 0.6) is 5.88 Å². The molecule has 1 saturated heterocycles. The average Bonchev–Trinajstić information content (AvgIpc) is 3.12. The molecule has 1 atom stereocenters. The largest absolute Gasteiger partial charge is 0.472 e. The molecule has 1 aliphatic heterocycles. The summed E-state index contributed by atoms with van der Waals surface area (Å²) in [4.78, 5) is 0. The van der Waals surface area contributed by atoms with Gasteiger partial charge in [-0.3, -0.25) is 0 Å². The minimum absolute atomic E-state index is 0.116. The second-order valence-electron chi connectivity index (χ2n) is 4.69. The van der Waals surface area contributed by atoms with Crippen LogP contribution in [0.25, 0.3) is 0 Å². The molecule has 7 heteroatoms. The molecule has 18 heavy (non-hydrogen) atoms. The van der Waals surface area contributed by atoms with Crippen LogP contribution in [-0.4, -0.2) is 47.4 Å². The number of sulfonamides is 1. The number of hydrogen-bond acceptors (Lipinski definition) is 5. The van der Waals surface area contributed by atoms with Crippen molar-refractivity contribution in [2.24, 2.45) is 0 Å². The summed E-state index contributed by atoms with van der Waals surface area (Å²) in [7, 11) is -3.07. The third-order valence-corrected chi connectivity index (χ3v) is 5.61. The Balaban J connectivity index is 1.62. The Morgan fingerprint density at radius 1 is 1.33 bits per heavy atom. The summed E-state index contributed by atoms with van der Waals surface area (Å²) in [5.41, 5.74) is 0. The van der Waals surface area contributed by atoms with Crippen molar-refractivity contribution in [3.63, 3.8) is 0 Å². The smallest absolute Gasteiger partial charge is 0.233 e. The molecule has 1 aromatic heterocycles. The minimum Gasteiger partial charge on any atom is -0.472 e. The number of ether oxygens (including phenoxy) is 1. The summed E-state index contributed by atoms with van der Waals surface area (Å²) in [6, 6.07) is 3.47. The normalized spacial score (nSPS) is 25.2. The summed E-state index contributed by atoms with van der Waals surface area (Å²) in [6.45, 7) is 0.971. The van der Waals surface area contributed by atoms with Crippen LogP contribution < -0.4 is 4.74 Å². The monoisotopic (exact) mass is 269 g/mol. The summed E-state index contributed by atoms with van der Waals surface area (Å²) in [6.07, 6.45) is 3.77. The first-order chi connectivity index (χ1) is 8.66. The number of hydrogen-bond donors (Lipinski definition) is 0. The number of nitrogens with zero attached hydrogens (tertiary/aromatic N) is 3. The van der Waals surface area contributed by atoms with Crippen molar-refractivity contribution in [2.45, 2.75) is 30.6 Å². The quantitative estimate of drug-likeness (QED) is 0.792. The first kappa shape index (κ1) is 11.9. The molecule has 0 N–H and O–H groups in total. The van der Waals surface area contributed by atoms with E-state index in [4.69, 9.17) is 4.74 Å². The second kappa shape index (κ2) is 4.47. The molecule has 98 valence electrons. The first-order valence-electron chi connectivity index (χ1n) is 6.09. The van der Waals surface area contributed by atoms with E-state index in [9.17, 15) is 8.42 Å². The van der Waals surface area contributed by atoms with Gasteiger partial charge in [-0.15, -0.1) is 5.10 Å². The third-order valence-electron chi connectivity index (χ3n) is 3.25. The van der Waals surface area contributed by atoms with Gasteiger partial charge in [-0.25, -0.2) is 8.42 Å². The highest BCUT2D eigenvalue weighted by molar-refractivity contribution is 7.90.